The standard InChI is InChI=1S/C20H15N3O5/c1-2-27-20(26)14-11-21-23-8-7-12(9-15(14)23)22-19(25)18-10-16(24)13-5-3-4-6-17(13)28-18/h3-11H,2H2,1H3,(H,22,25). The minimum atomic E-state index is -0.579. The van der Waals surface area contributed by atoms with Crippen molar-refractivity contribution in [2.45, 2.75) is 6.92 Å². The molecule has 0 saturated carbocycles. The van der Waals surface area contributed by atoms with Crippen LogP contribution in [-0.4, -0.2) is 28.1 Å². The third-order valence-corrected chi connectivity index (χ3v) is 4.13. The van der Waals surface area contributed by atoms with Crippen molar-refractivity contribution in [3.8, 4) is 0 Å². The monoisotopic (exact) mass is 377 g/mol. The fraction of sp³-hybridized carbons (Fsp3) is 0.100. The van der Waals surface area contributed by atoms with Gasteiger partial charge in [0.25, 0.3) is 5.91 Å². The van der Waals surface area contributed by atoms with E-state index in [0.717, 1.165) is 6.07 Å². The zero-order valence-corrected chi connectivity index (χ0v) is 14.8. The van der Waals surface area contributed by atoms with Gasteiger partial charge in [0.2, 0.25) is 0 Å². The van der Waals surface area contributed by atoms with Crippen LogP contribution in [-0.2, 0) is 4.74 Å². The second kappa shape index (κ2) is 6.99. The van der Waals surface area contributed by atoms with Crippen LogP contribution in [0.4, 0.5) is 5.69 Å². The van der Waals surface area contributed by atoms with E-state index in [1.165, 1.54) is 10.7 Å². The fourth-order valence-electron chi connectivity index (χ4n) is 2.83. The van der Waals surface area contributed by atoms with Gasteiger partial charge < -0.3 is 14.5 Å². The summed E-state index contributed by atoms with van der Waals surface area (Å²) >= 11 is 0. The van der Waals surface area contributed by atoms with Gasteiger partial charge in [-0.3, -0.25) is 9.59 Å². The Morgan fingerprint density at radius 1 is 1.21 bits per heavy atom. The molecule has 0 unspecified atom stereocenters. The van der Waals surface area contributed by atoms with Crippen LogP contribution in [0.5, 0.6) is 0 Å². The minimum Gasteiger partial charge on any atom is -0.462 e. The molecule has 0 atom stereocenters. The van der Waals surface area contributed by atoms with Crippen LogP contribution in [0.1, 0.15) is 27.8 Å². The molecule has 3 aromatic heterocycles. The van der Waals surface area contributed by atoms with E-state index < -0.39 is 11.9 Å². The molecule has 4 rings (SSSR count). The van der Waals surface area contributed by atoms with Crippen LogP contribution in [0.25, 0.3) is 16.5 Å². The van der Waals surface area contributed by atoms with Gasteiger partial charge in [-0.2, -0.15) is 5.10 Å². The lowest BCUT2D eigenvalue weighted by Crippen LogP contribution is -2.15. The molecule has 0 saturated heterocycles. The summed E-state index contributed by atoms with van der Waals surface area (Å²) in [5.74, 6) is -1.19. The number of amides is 1. The van der Waals surface area contributed by atoms with Crippen molar-refractivity contribution < 1.29 is 18.7 Å². The van der Waals surface area contributed by atoms with E-state index in [-0.39, 0.29) is 23.4 Å². The molecular weight excluding hydrogens is 362 g/mol. The molecule has 0 radical (unpaired) electrons. The van der Waals surface area contributed by atoms with Crippen LogP contribution >= 0.6 is 0 Å². The van der Waals surface area contributed by atoms with Gasteiger partial charge in [-0.1, -0.05) is 12.1 Å². The summed E-state index contributed by atoms with van der Waals surface area (Å²) in [5.41, 5.74) is 1.21. The van der Waals surface area contributed by atoms with E-state index in [1.807, 2.05) is 0 Å². The van der Waals surface area contributed by atoms with E-state index in [9.17, 15) is 14.4 Å². The Bertz CT molecular complexity index is 1270. The second-order valence-electron chi connectivity index (χ2n) is 5.95. The van der Waals surface area contributed by atoms with Gasteiger partial charge in [-0.25, -0.2) is 9.31 Å². The number of anilines is 1. The van der Waals surface area contributed by atoms with Crippen molar-refractivity contribution >= 4 is 34.0 Å². The number of ether oxygens (including phenoxy) is 1. The van der Waals surface area contributed by atoms with E-state index in [1.54, 1.807) is 49.5 Å². The lowest BCUT2D eigenvalue weighted by atomic mass is 10.2. The van der Waals surface area contributed by atoms with Gasteiger partial charge in [0, 0.05) is 18.0 Å². The number of para-hydroxylation sites is 1. The number of aromatic nitrogens is 2. The molecule has 0 aliphatic heterocycles. The third-order valence-electron chi connectivity index (χ3n) is 4.13. The number of hydrogen-bond acceptors (Lipinski definition) is 6. The summed E-state index contributed by atoms with van der Waals surface area (Å²) in [5, 5.41) is 7.16. The van der Waals surface area contributed by atoms with Crippen molar-refractivity contribution in [1.29, 1.82) is 0 Å². The molecule has 1 aromatic carbocycles. The smallest absolute Gasteiger partial charge is 0.341 e. The molecule has 8 nitrogen and oxygen atoms in total. The SMILES string of the molecule is CCOC(=O)c1cnn2ccc(NC(=O)c3cc(=O)c4ccccc4o3)cc12. The number of pyridine rings is 1. The predicted octanol–water partition coefficient (Wildman–Crippen LogP) is 2.87. The molecule has 0 aliphatic carbocycles. The molecular formula is C20H15N3O5. The number of hydrogen-bond donors (Lipinski definition) is 1. The highest BCUT2D eigenvalue weighted by atomic mass is 16.5. The van der Waals surface area contributed by atoms with Gasteiger partial charge >= 0.3 is 5.97 Å². The number of carbonyl (C=O) groups is 2. The van der Waals surface area contributed by atoms with E-state index in [0.29, 0.717) is 22.2 Å². The Balaban J connectivity index is 1.66. The van der Waals surface area contributed by atoms with Crippen molar-refractivity contribution in [1.82, 2.24) is 9.61 Å². The van der Waals surface area contributed by atoms with Crippen molar-refractivity contribution in [2.75, 3.05) is 11.9 Å². The first-order valence-corrected chi connectivity index (χ1v) is 8.55. The number of rotatable bonds is 4. The average Bonchev–Trinajstić information content (AvgIpc) is 3.11. The van der Waals surface area contributed by atoms with Crippen LogP contribution < -0.4 is 10.7 Å². The summed E-state index contributed by atoms with van der Waals surface area (Å²) in [4.78, 5) is 36.7. The highest BCUT2D eigenvalue weighted by Crippen LogP contribution is 2.18. The maximum atomic E-state index is 12.5. The number of fused-ring (bicyclic) bond motifs is 2. The van der Waals surface area contributed by atoms with Gasteiger partial charge in [-0.15, -0.1) is 0 Å². The Morgan fingerprint density at radius 2 is 2.04 bits per heavy atom. The minimum absolute atomic E-state index is 0.109. The molecule has 1 N–H and O–H groups in total. The van der Waals surface area contributed by atoms with Gasteiger partial charge in [0.1, 0.15) is 11.1 Å². The Labute approximate surface area is 158 Å². The first-order chi connectivity index (χ1) is 13.6. The number of nitrogens with zero attached hydrogens (tertiary/aromatic N) is 2. The first-order valence-electron chi connectivity index (χ1n) is 8.55. The molecule has 0 spiro atoms. The number of carbonyl (C=O) groups excluding carboxylic acids is 2. The maximum Gasteiger partial charge on any atom is 0.341 e. The number of benzene rings is 1. The topological polar surface area (TPSA) is 103 Å². The van der Waals surface area contributed by atoms with Crippen LogP contribution in [0, 0.1) is 0 Å². The first kappa shape index (κ1) is 17.5. The van der Waals surface area contributed by atoms with Crippen LogP contribution in [0.2, 0.25) is 0 Å². The van der Waals surface area contributed by atoms with Gasteiger partial charge in [-0.05, 0) is 31.2 Å². The fourth-order valence-corrected chi connectivity index (χ4v) is 2.83. The molecule has 140 valence electrons. The number of esters is 1. The molecule has 1 amide bonds. The van der Waals surface area contributed by atoms with Crippen LogP contribution in [0.15, 0.2) is 64.1 Å². The molecule has 3 heterocycles. The molecule has 8 heteroatoms. The van der Waals surface area contributed by atoms with Gasteiger partial charge in [0.15, 0.2) is 11.2 Å². The highest BCUT2D eigenvalue weighted by molar-refractivity contribution is 6.04. The lowest BCUT2D eigenvalue weighted by Gasteiger charge is -2.06. The quantitative estimate of drug-likeness (QED) is 0.549. The summed E-state index contributed by atoms with van der Waals surface area (Å²) in [6.07, 6.45) is 3.01. The van der Waals surface area contributed by atoms with E-state index >= 15 is 0 Å². The Hall–Kier alpha value is -3.94. The lowest BCUT2D eigenvalue weighted by molar-refractivity contribution is 0.0528. The van der Waals surface area contributed by atoms with E-state index in [2.05, 4.69) is 10.4 Å². The largest absolute Gasteiger partial charge is 0.462 e. The normalized spacial score (nSPS) is 10.9. The predicted molar refractivity (Wildman–Crippen MR) is 102 cm³/mol. The van der Waals surface area contributed by atoms with Crippen molar-refractivity contribution in [2.24, 2.45) is 0 Å². The number of nitrogens with one attached hydrogen (secondary N) is 1. The average molecular weight is 377 g/mol. The molecule has 0 aliphatic rings. The highest BCUT2D eigenvalue weighted by Gasteiger charge is 2.16. The molecule has 28 heavy (non-hydrogen) atoms. The second-order valence-corrected chi connectivity index (χ2v) is 5.95. The maximum absolute atomic E-state index is 12.5. The molecule has 0 bridgehead atoms. The summed E-state index contributed by atoms with van der Waals surface area (Å²) in [6.45, 7) is 1.96. The zero-order valence-electron chi connectivity index (χ0n) is 14.8. The molecule has 0 fully saturated rings. The summed E-state index contributed by atoms with van der Waals surface area (Å²) in [6, 6.07) is 11.1. The molecule has 4 aromatic rings. The Morgan fingerprint density at radius 3 is 2.86 bits per heavy atom. The van der Waals surface area contributed by atoms with E-state index in [4.69, 9.17) is 9.15 Å². The third kappa shape index (κ3) is 3.11. The van der Waals surface area contributed by atoms with Crippen molar-refractivity contribution in [3.05, 3.63) is 76.4 Å². The zero-order chi connectivity index (χ0) is 19.7. The summed E-state index contributed by atoms with van der Waals surface area (Å²) in [7, 11) is 0. The van der Waals surface area contributed by atoms with Crippen LogP contribution in [0.3, 0.4) is 0 Å². The van der Waals surface area contributed by atoms with Gasteiger partial charge in [0.05, 0.1) is 23.7 Å². The Kier molecular flexibility index (Phi) is 4.36. The summed E-state index contributed by atoms with van der Waals surface area (Å²) < 4.78 is 12.0. The van der Waals surface area contributed by atoms with Crippen molar-refractivity contribution in [3.63, 3.8) is 0 Å².